The molecule has 0 bridgehead atoms. The van der Waals surface area contributed by atoms with Crippen LogP contribution in [0.15, 0.2) is 46.0 Å². The number of rotatable bonds is 7. The molecule has 1 aliphatic rings. The number of allylic oxidation sites excluding steroid dienone is 2. The molecule has 2 aromatic heterocycles. The number of ether oxygens (including phenoxy) is 1. The highest BCUT2D eigenvalue weighted by Gasteiger charge is 2.20. The van der Waals surface area contributed by atoms with Crippen LogP contribution in [0.5, 0.6) is 5.75 Å². The minimum absolute atomic E-state index is 0.0245. The van der Waals surface area contributed by atoms with E-state index in [-0.39, 0.29) is 23.2 Å². The van der Waals surface area contributed by atoms with Gasteiger partial charge in [-0.2, -0.15) is 13.7 Å². The molecule has 3 aromatic rings. The molecule has 0 saturated carbocycles. The van der Waals surface area contributed by atoms with Gasteiger partial charge in [-0.15, -0.1) is 0 Å². The fraction of sp³-hybridized carbons (Fsp3) is 0.300. The van der Waals surface area contributed by atoms with Crippen LogP contribution in [0.3, 0.4) is 0 Å². The van der Waals surface area contributed by atoms with Crippen molar-refractivity contribution >= 4 is 33.0 Å². The van der Waals surface area contributed by atoms with Gasteiger partial charge in [0.25, 0.3) is 5.89 Å². The van der Waals surface area contributed by atoms with E-state index < -0.39 is 15.7 Å². The maximum atomic E-state index is 14.2. The lowest BCUT2D eigenvalue weighted by atomic mass is 10.2. The van der Waals surface area contributed by atoms with E-state index >= 15 is 0 Å². The molecule has 0 spiro atoms. The molecule has 0 unspecified atom stereocenters. The topological polar surface area (TPSA) is 111 Å². The van der Waals surface area contributed by atoms with E-state index in [2.05, 4.69) is 18.9 Å². The number of anilines is 1. The van der Waals surface area contributed by atoms with Gasteiger partial charge in [0.1, 0.15) is 12.3 Å². The van der Waals surface area contributed by atoms with E-state index in [1.807, 2.05) is 37.1 Å². The van der Waals surface area contributed by atoms with Crippen molar-refractivity contribution in [1.82, 2.24) is 18.9 Å². The van der Waals surface area contributed by atoms with E-state index in [9.17, 15) is 12.8 Å². The Morgan fingerprint density at radius 2 is 2.12 bits per heavy atom. The Balaban J connectivity index is 1.43. The largest absolute Gasteiger partial charge is 0.484 e. The van der Waals surface area contributed by atoms with Gasteiger partial charge in [0.2, 0.25) is 0 Å². The van der Waals surface area contributed by atoms with Crippen LogP contribution in [-0.2, 0) is 16.4 Å². The normalized spacial score (nSPS) is 14.2. The minimum Gasteiger partial charge on any atom is -0.484 e. The Kier molecular flexibility index (Phi) is 6.07. The van der Waals surface area contributed by atoms with E-state index in [1.165, 1.54) is 12.1 Å². The monoisotopic (exact) mass is 477 g/mol. The molecule has 32 heavy (non-hydrogen) atoms. The molecule has 0 radical (unpaired) electrons. The minimum atomic E-state index is -3.50. The number of halogens is 1. The van der Waals surface area contributed by atoms with E-state index in [0.29, 0.717) is 29.8 Å². The van der Waals surface area contributed by atoms with Crippen molar-refractivity contribution < 1.29 is 22.1 Å². The number of hydrogen-bond acceptors (Lipinski definition) is 10. The second-order valence-corrected chi connectivity index (χ2v) is 9.97. The standard InChI is InChI=1S/C20H20FN5O4S2/c1-12(2)18-22-20(30-23-18)13-6-8-26(9-7-13)19-16(24-31-25-19)11-29-17-5-4-14(10-15(17)21)32(3,27)28/h4-8,10,12H,9,11H2,1-3H3. The summed E-state index contributed by atoms with van der Waals surface area (Å²) >= 11 is 1.02. The Labute approximate surface area is 188 Å². The molecule has 12 heteroatoms. The van der Waals surface area contributed by atoms with Gasteiger partial charge in [0, 0.05) is 30.5 Å². The lowest BCUT2D eigenvalue weighted by Gasteiger charge is -2.20. The van der Waals surface area contributed by atoms with E-state index in [1.54, 1.807) is 0 Å². The second-order valence-electron chi connectivity index (χ2n) is 7.43. The summed E-state index contributed by atoms with van der Waals surface area (Å²) in [6.45, 7) is 4.46. The predicted molar refractivity (Wildman–Crippen MR) is 117 cm³/mol. The predicted octanol–water partition coefficient (Wildman–Crippen LogP) is 3.58. The van der Waals surface area contributed by atoms with Crippen LogP contribution in [-0.4, -0.2) is 40.1 Å². The molecule has 0 saturated heterocycles. The van der Waals surface area contributed by atoms with Crippen molar-refractivity contribution in [2.45, 2.75) is 31.3 Å². The van der Waals surface area contributed by atoms with Gasteiger partial charge in [-0.25, -0.2) is 12.8 Å². The second kappa shape index (κ2) is 8.79. The van der Waals surface area contributed by atoms with Crippen LogP contribution in [0.2, 0.25) is 0 Å². The molecule has 168 valence electrons. The SMILES string of the molecule is CC(C)c1noc(C2=CCN(c3nsnc3COc3ccc(S(C)(=O)=O)cc3F)C=C2)n1. The Morgan fingerprint density at radius 1 is 1.31 bits per heavy atom. The van der Waals surface area contributed by atoms with Crippen molar-refractivity contribution in [3.63, 3.8) is 0 Å². The van der Waals surface area contributed by atoms with Gasteiger partial charge in [-0.3, -0.25) is 0 Å². The summed E-state index contributed by atoms with van der Waals surface area (Å²) in [5, 5.41) is 3.98. The van der Waals surface area contributed by atoms with Gasteiger partial charge in [0.05, 0.1) is 16.6 Å². The molecular weight excluding hydrogens is 457 g/mol. The summed E-state index contributed by atoms with van der Waals surface area (Å²) in [5.41, 5.74) is 1.35. The highest BCUT2D eigenvalue weighted by atomic mass is 32.2. The Morgan fingerprint density at radius 3 is 2.75 bits per heavy atom. The first kappa shape index (κ1) is 22.1. The van der Waals surface area contributed by atoms with Gasteiger partial charge in [-0.05, 0) is 24.3 Å². The number of aromatic nitrogens is 4. The van der Waals surface area contributed by atoms with Crippen LogP contribution in [0, 0.1) is 5.82 Å². The van der Waals surface area contributed by atoms with Crippen LogP contribution >= 0.6 is 11.7 Å². The first-order valence-corrected chi connectivity index (χ1v) is 12.3. The third kappa shape index (κ3) is 4.70. The van der Waals surface area contributed by atoms with E-state index in [0.717, 1.165) is 29.6 Å². The van der Waals surface area contributed by atoms with Crippen molar-refractivity contribution in [3.05, 3.63) is 59.8 Å². The van der Waals surface area contributed by atoms with Crippen molar-refractivity contribution in [3.8, 4) is 5.75 Å². The molecular formula is C20H20FN5O4S2. The van der Waals surface area contributed by atoms with Gasteiger partial charge >= 0.3 is 0 Å². The summed E-state index contributed by atoms with van der Waals surface area (Å²) in [7, 11) is -3.50. The van der Waals surface area contributed by atoms with Gasteiger partial charge in [-0.1, -0.05) is 25.1 Å². The molecule has 1 aliphatic heterocycles. The summed E-state index contributed by atoms with van der Waals surface area (Å²) in [6.07, 6.45) is 6.62. The molecule has 0 N–H and O–H groups in total. The number of sulfone groups is 1. The van der Waals surface area contributed by atoms with E-state index in [4.69, 9.17) is 9.26 Å². The summed E-state index contributed by atoms with van der Waals surface area (Å²) in [5.74, 6) is 1.04. The number of hydrogen-bond donors (Lipinski definition) is 0. The smallest absolute Gasteiger partial charge is 0.257 e. The van der Waals surface area contributed by atoms with Crippen LogP contribution in [0.1, 0.15) is 37.2 Å². The summed E-state index contributed by atoms with van der Waals surface area (Å²) in [4.78, 5) is 6.16. The Hall–Kier alpha value is -3.12. The molecule has 1 aromatic carbocycles. The maximum Gasteiger partial charge on any atom is 0.257 e. The molecule has 0 amide bonds. The molecule has 9 nitrogen and oxygen atoms in total. The third-order valence-corrected chi connectivity index (χ3v) is 6.32. The van der Waals surface area contributed by atoms with Crippen LogP contribution < -0.4 is 9.64 Å². The Bertz CT molecular complexity index is 1300. The first-order valence-electron chi connectivity index (χ1n) is 9.65. The quantitative estimate of drug-likeness (QED) is 0.504. The van der Waals surface area contributed by atoms with Crippen molar-refractivity contribution in [2.75, 3.05) is 17.7 Å². The third-order valence-electron chi connectivity index (χ3n) is 4.65. The van der Waals surface area contributed by atoms with Crippen molar-refractivity contribution in [2.24, 2.45) is 0 Å². The highest BCUT2D eigenvalue weighted by molar-refractivity contribution is 7.90. The summed E-state index contributed by atoms with van der Waals surface area (Å²) < 4.78 is 56.8. The van der Waals surface area contributed by atoms with Gasteiger partial charge in [0.15, 0.2) is 33.0 Å². The fourth-order valence-corrected chi connectivity index (χ4v) is 4.08. The van der Waals surface area contributed by atoms with Gasteiger partial charge < -0.3 is 14.2 Å². The van der Waals surface area contributed by atoms with Crippen LogP contribution in [0.4, 0.5) is 10.2 Å². The number of benzene rings is 1. The molecule has 3 heterocycles. The zero-order chi connectivity index (χ0) is 22.9. The molecule has 4 rings (SSSR count). The number of nitrogens with zero attached hydrogens (tertiary/aromatic N) is 5. The first-order chi connectivity index (χ1) is 15.2. The average molecular weight is 478 g/mol. The highest BCUT2D eigenvalue weighted by Crippen LogP contribution is 2.27. The fourth-order valence-electron chi connectivity index (χ4n) is 2.88. The van der Waals surface area contributed by atoms with Crippen LogP contribution in [0.25, 0.3) is 5.57 Å². The lowest BCUT2D eigenvalue weighted by Crippen LogP contribution is -2.20. The zero-order valence-corrected chi connectivity index (χ0v) is 19.2. The van der Waals surface area contributed by atoms with Crippen molar-refractivity contribution in [1.29, 1.82) is 0 Å². The molecule has 0 atom stereocenters. The molecule has 0 aliphatic carbocycles. The average Bonchev–Trinajstić information content (AvgIpc) is 3.42. The maximum absolute atomic E-state index is 14.2. The zero-order valence-electron chi connectivity index (χ0n) is 17.5. The summed E-state index contributed by atoms with van der Waals surface area (Å²) in [6, 6.07) is 3.53. The molecule has 0 fully saturated rings. The lowest BCUT2D eigenvalue weighted by molar-refractivity contribution is 0.287.